The maximum atomic E-state index is 16.6. The monoisotopic (exact) mass is 493 g/mol. The topological polar surface area (TPSA) is 72.0 Å². The van der Waals surface area contributed by atoms with Gasteiger partial charge in [-0.25, -0.2) is 9.18 Å². The van der Waals surface area contributed by atoms with Crippen molar-refractivity contribution >= 4 is 12.0 Å². The standard InChI is InChI=1S/C28H32FN3O4/c1-27(2,3)36-26(34)31-16-17-32(22(19-31)20-35-23-12-9-15-30-18-23)25(33)28(29)14-8-7-13-24(28)21-10-5-4-6-11-21/h4-15,18,22,24H,16-17,19-20H2,1-3H3. The Hall–Kier alpha value is -3.68. The van der Waals surface area contributed by atoms with Crippen molar-refractivity contribution in [2.24, 2.45) is 0 Å². The number of allylic oxidation sites excluding steroid dienone is 3. The number of pyridine rings is 1. The average molecular weight is 494 g/mol. The fraction of sp³-hybridized carbons (Fsp3) is 0.393. The molecule has 2 aromatic rings. The number of piperazine rings is 1. The third kappa shape index (κ3) is 5.75. The van der Waals surface area contributed by atoms with Crippen LogP contribution in [0.1, 0.15) is 32.3 Å². The summed E-state index contributed by atoms with van der Waals surface area (Å²) in [6, 6.07) is 12.1. The van der Waals surface area contributed by atoms with Gasteiger partial charge < -0.3 is 19.3 Å². The molecule has 4 rings (SSSR count). The van der Waals surface area contributed by atoms with Crippen molar-refractivity contribution in [2.45, 2.75) is 44.0 Å². The summed E-state index contributed by atoms with van der Waals surface area (Å²) in [5.74, 6) is -0.891. The number of nitrogens with zero attached hydrogens (tertiary/aromatic N) is 3. The molecule has 1 aliphatic heterocycles. The largest absolute Gasteiger partial charge is 0.490 e. The minimum Gasteiger partial charge on any atom is -0.490 e. The number of hydrogen-bond acceptors (Lipinski definition) is 5. The van der Waals surface area contributed by atoms with E-state index >= 15 is 4.39 Å². The van der Waals surface area contributed by atoms with Gasteiger partial charge in [-0.15, -0.1) is 0 Å². The first-order valence-corrected chi connectivity index (χ1v) is 12.1. The third-order valence-electron chi connectivity index (χ3n) is 6.16. The van der Waals surface area contributed by atoms with E-state index in [1.807, 2.05) is 30.3 Å². The number of benzene rings is 1. The molecule has 2 aliphatic rings. The molecular weight excluding hydrogens is 461 g/mol. The number of aromatic nitrogens is 1. The second-order valence-electron chi connectivity index (χ2n) is 9.98. The predicted octanol–water partition coefficient (Wildman–Crippen LogP) is 4.53. The maximum Gasteiger partial charge on any atom is 0.410 e. The molecule has 3 atom stereocenters. The van der Waals surface area contributed by atoms with E-state index in [1.165, 1.54) is 11.0 Å². The summed E-state index contributed by atoms with van der Waals surface area (Å²) < 4.78 is 28.1. The van der Waals surface area contributed by atoms with Crippen LogP contribution in [-0.2, 0) is 9.53 Å². The molecule has 0 saturated carbocycles. The molecule has 0 bridgehead atoms. The van der Waals surface area contributed by atoms with Crippen molar-refractivity contribution < 1.29 is 23.5 Å². The molecule has 2 amide bonds. The van der Waals surface area contributed by atoms with Crippen LogP contribution in [0.2, 0.25) is 0 Å². The van der Waals surface area contributed by atoms with Gasteiger partial charge in [0.1, 0.15) is 18.0 Å². The first-order chi connectivity index (χ1) is 17.2. The lowest BCUT2D eigenvalue weighted by Crippen LogP contribution is -2.62. The van der Waals surface area contributed by atoms with Crippen molar-refractivity contribution in [3.63, 3.8) is 0 Å². The van der Waals surface area contributed by atoms with Crippen LogP contribution in [0.3, 0.4) is 0 Å². The van der Waals surface area contributed by atoms with Gasteiger partial charge in [-0.1, -0.05) is 48.6 Å². The first-order valence-electron chi connectivity index (χ1n) is 12.1. The first kappa shape index (κ1) is 25.4. The van der Waals surface area contributed by atoms with Crippen molar-refractivity contribution in [3.8, 4) is 5.75 Å². The van der Waals surface area contributed by atoms with Gasteiger partial charge >= 0.3 is 6.09 Å². The zero-order chi connectivity index (χ0) is 25.8. The highest BCUT2D eigenvalue weighted by atomic mass is 19.1. The summed E-state index contributed by atoms with van der Waals surface area (Å²) in [5, 5.41) is 0. The number of hydrogen-bond donors (Lipinski definition) is 0. The quantitative estimate of drug-likeness (QED) is 0.612. The molecule has 0 N–H and O–H groups in total. The van der Waals surface area contributed by atoms with Crippen LogP contribution in [0.4, 0.5) is 9.18 Å². The van der Waals surface area contributed by atoms with Gasteiger partial charge in [0.2, 0.25) is 5.67 Å². The number of halogens is 1. The number of amides is 2. The highest BCUT2D eigenvalue weighted by Crippen LogP contribution is 2.39. The lowest BCUT2D eigenvalue weighted by atomic mass is 9.79. The molecule has 1 saturated heterocycles. The van der Waals surface area contributed by atoms with E-state index < -0.39 is 35.2 Å². The Morgan fingerprint density at radius 1 is 1.11 bits per heavy atom. The van der Waals surface area contributed by atoms with Crippen LogP contribution in [0, 0.1) is 0 Å². The second-order valence-corrected chi connectivity index (χ2v) is 9.98. The maximum absolute atomic E-state index is 16.6. The van der Waals surface area contributed by atoms with Gasteiger partial charge in [0, 0.05) is 31.7 Å². The van der Waals surface area contributed by atoms with Gasteiger partial charge in [-0.3, -0.25) is 9.78 Å². The molecule has 1 aromatic carbocycles. The summed E-state index contributed by atoms with van der Waals surface area (Å²) >= 11 is 0. The number of carbonyl (C=O) groups excluding carboxylic acids is 2. The van der Waals surface area contributed by atoms with Crippen molar-refractivity contribution in [1.29, 1.82) is 0 Å². The summed E-state index contributed by atoms with van der Waals surface area (Å²) in [6.07, 6.45) is 9.09. The number of carbonyl (C=O) groups is 2. The minimum atomic E-state index is -2.27. The summed E-state index contributed by atoms with van der Waals surface area (Å²) in [7, 11) is 0. The van der Waals surface area contributed by atoms with Crippen LogP contribution >= 0.6 is 0 Å². The average Bonchev–Trinajstić information content (AvgIpc) is 2.87. The van der Waals surface area contributed by atoms with E-state index in [-0.39, 0.29) is 26.2 Å². The second kappa shape index (κ2) is 10.5. The van der Waals surface area contributed by atoms with Gasteiger partial charge in [-0.2, -0.15) is 0 Å². The van der Waals surface area contributed by atoms with E-state index in [1.54, 1.807) is 68.4 Å². The van der Waals surface area contributed by atoms with Crippen molar-refractivity contribution in [1.82, 2.24) is 14.8 Å². The molecule has 3 unspecified atom stereocenters. The lowest BCUT2D eigenvalue weighted by molar-refractivity contribution is -0.147. The van der Waals surface area contributed by atoms with Gasteiger partial charge in [-0.05, 0) is 44.5 Å². The van der Waals surface area contributed by atoms with Crippen LogP contribution in [0.25, 0.3) is 0 Å². The molecule has 0 radical (unpaired) electrons. The molecule has 1 aliphatic carbocycles. The van der Waals surface area contributed by atoms with E-state index in [0.29, 0.717) is 11.3 Å². The molecule has 8 heteroatoms. The smallest absolute Gasteiger partial charge is 0.410 e. The molecular formula is C28H32FN3O4. The van der Waals surface area contributed by atoms with Crippen LogP contribution in [0.15, 0.2) is 79.2 Å². The van der Waals surface area contributed by atoms with Gasteiger partial charge in [0.15, 0.2) is 0 Å². The highest BCUT2D eigenvalue weighted by Gasteiger charge is 2.49. The molecule has 0 spiro atoms. The Morgan fingerprint density at radius 2 is 1.89 bits per heavy atom. The van der Waals surface area contributed by atoms with Crippen molar-refractivity contribution in [3.05, 3.63) is 84.7 Å². The van der Waals surface area contributed by atoms with Crippen LogP contribution < -0.4 is 4.74 Å². The number of ether oxygens (including phenoxy) is 2. The van der Waals surface area contributed by atoms with E-state index in [2.05, 4.69) is 4.98 Å². The lowest BCUT2D eigenvalue weighted by Gasteiger charge is -2.44. The van der Waals surface area contributed by atoms with Crippen LogP contribution in [-0.4, -0.2) is 70.3 Å². The fourth-order valence-corrected chi connectivity index (χ4v) is 4.44. The summed E-state index contributed by atoms with van der Waals surface area (Å²) in [4.78, 5) is 33.7. The Labute approximate surface area is 211 Å². The molecule has 36 heavy (non-hydrogen) atoms. The SMILES string of the molecule is CC(C)(C)OC(=O)N1CCN(C(=O)C2(F)C=CC=CC2c2ccccc2)C(COc2cccnc2)C1. The number of rotatable bonds is 5. The molecule has 2 heterocycles. The summed E-state index contributed by atoms with van der Waals surface area (Å²) in [6.45, 7) is 6.02. The van der Waals surface area contributed by atoms with E-state index in [4.69, 9.17) is 9.47 Å². The summed E-state index contributed by atoms with van der Waals surface area (Å²) in [5.41, 5.74) is -2.21. The van der Waals surface area contributed by atoms with Gasteiger partial charge in [0.05, 0.1) is 12.2 Å². The Balaban J connectivity index is 1.58. The third-order valence-corrected chi connectivity index (χ3v) is 6.16. The molecule has 190 valence electrons. The highest BCUT2D eigenvalue weighted by molar-refractivity contribution is 5.90. The fourth-order valence-electron chi connectivity index (χ4n) is 4.44. The molecule has 1 fully saturated rings. The van der Waals surface area contributed by atoms with E-state index in [9.17, 15) is 9.59 Å². The Bertz CT molecular complexity index is 1120. The predicted molar refractivity (Wildman–Crippen MR) is 134 cm³/mol. The zero-order valence-electron chi connectivity index (χ0n) is 20.8. The molecule has 1 aromatic heterocycles. The minimum absolute atomic E-state index is 0.0718. The normalized spacial score (nSPS) is 23.9. The van der Waals surface area contributed by atoms with Crippen LogP contribution in [0.5, 0.6) is 5.75 Å². The number of alkyl halides is 1. The Kier molecular flexibility index (Phi) is 7.43. The molecule has 7 nitrogen and oxygen atoms in total. The van der Waals surface area contributed by atoms with E-state index in [0.717, 1.165) is 0 Å². The van der Waals surface area contributed by atoms with Crippen molar-refractivity contribution in [2.75, 3.05) is 26.2 Å². The Morgan fingerprint density at radius 3 is 2.58 bits per heavy atom. The zero-order valence-corrected chi connectivity index (χ0v) is 20.8. The van der Waals surface area contributed by atoms with Gasteiger partial charge in [0.25, 0.3) is 5.91 Å².